The molecule has 3 rings (SSSR count). The number of nitrogens with zero attached hydrogens (tertiary/aromatic N) is 4. The van der Waals surface area contributed by atoms with E-state index in [0.717, 1.165) is 16.8 Å². The lowest BCUT2D eigenvalue weighted by Gasteiger charge is -2.01. The van der Waals surface area contributed by atoms with Crippen molar-refractivity contribution in [3.8, 4) is 17.1 Å². The largest absolute Gasteiger partial charge is 0.507 e. The van der Waals surface area contributed by atoms with E-state index in [0.29, 0.717) is 11.4 Å². The number of nitrogens with one attached hydrogen (secondary N) is 1. The van der Waals surface area contributed by atoms with Gasteiger partial charge in [0.25, 0.3) is 0 Å². The Kier molecular flexibility index (Phi) is 3.42. The second-order valence-corrected chi connectivity index (χ2v) is 4.61. The van der Waals surface area contributed by atoms with E-state index < -0.39 is 0 Å². The normalized spacial score (nSPS) is 11.1. The average molecular weight is 279 g/mol. The Labute approximate surface area is 121 Å². The van der Waals surface area contributed by atoms with Crippen molar-refractivity contribution in [1.82, 2.24) is 20.6 Å². The molecule has 1 aromatic heterocycles. The summed E-state index contributed by atoms with van der Waals surface area (Å²) in [6.07, 6.45) is 1.64. The fourth-order valence-corrected chi connectivity index (χ4v) is 1.93. The number of rotatable bonds is 3. The number of aromatic amines is 1. The van der Waals surface area contributed by atoms with Crippen molar-refractivity contribution in [3.63, 3.8) is 0 Å². The lowest BCUT2D eigenvalue weighted by Crippen LogP contribution is -1.84. The average Bonchev–Trinajstić information content (AvgIpc) is 3.03. The predicted molar refractivity (Wildman–Crippen MR) is 79.7 cm³/mol. The Morgan fingerprint density at radius 1 is 1.19 bits per heavy atom. The lowest BCUT2D eigenvalue weighted by atomic mass is 10.1. The number of H-pyrrole nitrogens is 1. The molecule has 0 amide bonds. The topological polar surface area (TPSA) is 87.0 Å². The molecule has 0 spiro atoms. The maximum atomic E-state index is 9.79. The number of phenolic OH excluding ortho intramolecular Hbond substituents is 1. The van der Waals surface area contributed by atoms with Crippen LogP contribution in [0.15, 0.2) is 47.5 Å². The highest BCUT2D eigenvalue weighted by molar-refractivity contribution is 5.85. The number of aromatic nitrogens is 4. The van der Waals surface area contributed by atoms with Gasteiger partial charge in [-0.25, -0.2) is 0 Å². The molecule has 6 heteroatoms. The number of benzene rings is 2. The van der Waals surface area contributed by atoms with Crippen LogP contribution in [0.5, 0.6) is 5.75 Å². The van der Waals surface area contributed by atoms with Crippen molar-refractivity contribution < 1.29 is 5.11 Å². The van der Waals surface area contributed by atoms with E-state index in [9.17, 15) is 5.11 Å². The van der Waals surface area contributed by atoms with Crippen molar-refractivity contribution in [2.24, 2.45) is 4.99 Å². The summed E-state index contributed by atoms with van der Waals surface area (Å²) in [7, 11) is 0. The molecular weight excluding hydrogens is 266 g/mol. The Bertz CT molecular complexity index is 781. The van der Waals surface area contributed by atoms with Gasteiger partial charge in [-0.15, -0.1) is 10.2 Å². The smallest absolute Gasteiger partial charge is 0.204 e. The van der Waals surface area contributed by atoms with Crippen molar-refractivity contribution in [2.45, 2.75) is 6.92 Å². The Hall–Kier alpha value is -3.02. The highest BCUT2D eigenvalue weighted by Gasteiger charge is 2.03. The van der Waals surface area contributed by atoms with E-state index in [-0.39, 0.29) is 5.75 Å². The van der Waals surface area contributed by atoms with Gasteiger partial charge in [0.1, 0.15) is 5.75 Å². The maximum absolute atomic E-state index is 9.79. The van der Waals surface area contributed by atoms with Crippen LogP contribution in [0, 0.1) is 6.92 Å². The molecule has 0 saturated heterocycles. The fourth-order valence-electron chi connectivity index (χ4n) is 1.93. The van der Waals surface area contributed by atoms with Gasteiger partial charge < -0.3 is 5.11 Å². The summed E-state index contributed by atoms with van der Waals surface area (Å²) in [5.41, 5.74) is 3.32. The monoisotopic (exact) mass is 279 g/mol. The van der Waals surface area contributed by atoms with Crippen LogP contribution in [0.25, 0.3) is 11.4 Å². The minimum Gasteiger partial charge on any atom is -0.507 e. The quantitative estimate of drug-likeness (QED) is 0.721. The minimum atomic E-state index is 0.207. The molecule has 0 bridgehead atoms. The first kappa shape index (κ1) is 13.0. The van der Waals surface area contributed by atoms with Gasteiger partial charge in [0.15, 0.2) is 0 Å². The summed E-state index contributed by atoms with van der Waals surface area (Å²) in [6.45, 7) is 1.97. The Morgan fingerprint density at radius 3 is 2.90 bits per heavy atom. The molecule has 0 aliphatic rings. The second-order valence-electron chi connectivity index (χ2n) is 4.61. The third kappa shape index (κ3) is 2.94. The van der Waals surface area contributed by atoms with E-state index in [2.05, 4.69) is 25.6 Å². The van der Waals surface area contributed by atoms with Gasteiger partial charge in [-0.1, -0.05) is 23.8 Å². The van der Waals surface area contributed by atoms with Crippen LogP contribution in [-0.4, -0.2) is 31.9 Å². The Balaban J connectivity index is 1.90. The Morgan fingerprint density at radius 2 is 2.10 bits per heavy atom. The summed E-state index contributed by atoms with van der Waals surface area (Å²) >= 11 is 0. The molecule has 2 aromatic carbocycles. The van der Waals surface area contributed by atoms with Gasteiger partial charge in [0.2, 0.25) is 5.82 Å². The summed E-state index contributed by atoms with van der Waals surface area (Å²) in [6, 6.07) is 12.9. The lowest BCUT2D eigenvalue weighted by molar-refractivity contribution is 0.474. The number of hydrogen-bond acceptors (Lipinski definition) is 5. The number of aryl methyl sites for hydroxylation is 1. The molecule has 6 nitrogen and oxygen atoms in total. The number of tetrazole rings is 1. The van der Waals surface area contributed by atoms with Crippen LogP contribution < -0.4 is 0 Å². The van der Waals surface area contributed by atoms with Crippen LogP contribution in [0.2, 0.25) is 0 Å². The number of phenols is 1. The molecule has 0 unspecified atom stereocenters. The van der Waals surface area contributed by atoms with E-state index in [1.807, 2.05) is 43.3 Å². The molecule has 0 radical (unpaired) electrons. The molecule has 0 fully saturated rings. The standard InChI is InChI=1S/C15H13N5O/c1-10-5-6-14(21)12(7-10)9-16-13-4-2-3-11(8-13)15-17-19-20-18-15/h2-9,21H,1H3,(H,17,18,19,20). The zero-order chi connectivity index (χ0) is 14.7. The highest BCUT2D eigenvalue weighted by atomic mass is 16.3. The van der Waals surface area contributed by atoms with Crippen molar-refractivity contribution in [1.29, 1.82) is 0 Å². The molecule has 3 aromatic rings. The summed E-state index contributed by atoms with van der Waals surface area (Å²) in [5, 5.41) is 23.6. The van der Waals surface area contributed by atoms with Gasteiger partial charge in [-0.3, -0.25) is 4.99 Å². The van der Waals surface area contributed by atoms with Crippen LogP contribution in [0.1, 0.15) is 11.1 Å². The molecule has 104 valence electrons. The van der Waals surface area contributed by atoms with Crippen LogP contribution in [0.3, 0.4) is 0 Å². The van der Waals surface area contributed by atoms with E-state index in [4.69, 9.17) is 0 Å². The van der Waals surface area contributed by atoms with E-state index in [1.54, 1.807) is 12.3 Å². The fraction of sp³-hybridized carbons (Fsp3) is 0.0667. The first-order chi connectivity index (χ1) is 10.2. The van der Waals surface area contributed by atoms with Gasteiger partial charge in [-0.2, -0.15) is 5.21 Å². The van der Waals surface area contributed by atoms with Gasteiger partial charge in [0, 0.05) is 17.3 Å². The van der Waals surface area contributed by atoms with Crippen LogP contribution in [-0.2, 0) is 0 Å². The molecule has 21 heavy (non-hydrogen) atoms. The van der Waals surface area contributed by atoms with Crippen molar-refractivity contribution in [3.05, 3.63) is 53.6 Å². The van der Waals surface area contributed by atoms with Gasteiger partial charge in [0.05, 0.1) is 5.69 Å². The molecule has 0 atom stereocenters. The zero-order valence-electron chi connectivity index (χ0n) is 11.4. The molecule has 1 heterocycles. The van der Waals surface area contributed by atoms with Crippen molar-refractivity contribution in [2.75, 3.05) is 0 Å². The predicted octanol–water partition coefficient (Wildman–Crippen LogP) is 2.63. The first-order valence-electron chi connectivity index (χ1n) is 6.40. The van der Waals surface area contributed by atoms with Crippen LogP contribution >= 0.6 is 0 Å². The minimum absolute atomic E-state index is 0.207. The number of aromatic hydroxyl groups is 1. The molecular formula is C15H13N5O. The maximum Gasteiger partial charge on any atom is 0.204 e. The molecule has 0 aliphatic heterocycles. The highest BCUT2D eigenvalue weighted by Crippen LogP contribution is 2.22. The summed E-state index contributed by atoms with van der Waals surface area (Å²) in [5.74, 6) is 0.726. The van der Waals surface area contributed by atoms with E-state index >= 15 is 0 Å². The summed E-state index contributed by atoms with van der Waals surface area (Å²) < 4.78 is 0. The van der Waals surface area contributed by atoms with Crippen molar-refractivity contribution >= 4 is 11.9 Å². The van der Waals surface area contributed by atoms with Gasteiger partial charge in [-0.05, 0) is 36.4 Å². The third-order valence-corrected chi connectivity index (χ3v) is 2.99. The van der Waals surface area contributed by atoms with E-state index in [1.165, 1.54) is 0 Å². The summed E-state index contributed by atoms with van der Waals surface area (Å²) in [4.78, 5) is 4.38. The zero-order valence-corrected chi connectivity index (χ0v) is 11.4. The van der Waals surface area contributed by atoms with Crippen LogP contribution in [0.4, 0.5) is 5.69 Å². The third-order valence-electron chi connectivity index (χ3n) is 2.99. The number of hydrogen-bond donors (Lipinski definition) is 2. The number of aliphatic imine (C=N–C) groups is 1. The van der Waals surface area contributed by atoms with Gasteiger partial charge >= 0.3 is 0 Å². The molecule has 0 aliphatic carbocycles. The SMILES string of the molecule is Cc1ccc(O)c(C=Nc2cccc(-c3nn[nH]n3)c2)c1. The molecule has 2 N–H and O–H groups in total. The first-order valence-corrected chi connectivity index (χ1v) is 6.40. The molecule has 0 saturated carbocycles. The second kappa shape index (κ2) is 5.54.